The molecular weight excluding hydrogens is 211 g/mol. The first kappa shape index (κ1) is 13.2. The average molecular weight is 226 g/mol. The Morgan fingerprint density at radius 1 is 1.12 bits per heavy atom. The van der Waals surface area contributed by atoms with Crippen LogP contribution in [0.5, 0.6) is 0 Å². The normalized spacial score (nSPS) is 9.94. The van der Waals surface area contributed by atoms with Crippen LogP contribution in [0.25, 0.3) is 11.3 Å². The summed E-state index contributed by atoms with van der Waals surface area (Å²) in [6.07, 6.45) is 0. The number of rotatable bonds is 1. The minimum absolute atomic E-state index is 0. The number of nitrogens with two attached hydrogens (primary N) is 1. The van der Waals surface area contributed by atoms with Crippen molar-refractivity contribution in [1.82, 2.24) is 15.4 Å². The Morgan fingerprint density at radius 3 is 2.12 bits per heavy atom. The second-order valence-electron chi connectivity index (χ2n) is 3.85. The Labute approximate surface area is 117 Å². The Morgan fingerprint density at radius 2 is 1.69 bits per heavy atom. The van der Waals surface area contributed by atoms with Crippen molar-refractivity contribution in [3.63, 3.8) is 0 Å². The van der Waals surface area contributed by atoms with Crippen LogP contribution < -0.4 is 5.73 Å². The first-order valence-corrected chi connectivity index (χ1v) is 4.84. The van der Waals surface area contributed by atoms with Gasteiger partial charge in [-0.25, -0.2) is 5.10 Å². The van der Waals surface area contributed by atoms with E-state index in [1.165, 1.54) is 16.7 Å². The van der Waals surface area contributed by atoms with Gasteiger partial charge in [0.05, 0.1) is 0 Å². The number of H-pyrrole nitrogens is 1. The number of nitrogen functional groups attached to an aromatic ring is 1. The van der Waals surface area contributed by atoms with E-state index in [0.717, 1.165) is 11.3 Å². The van der Waals surface area contributed by atoms with Gasteiger partial charge in [-0.05, 0) is 31.9 Å². The second kappa shape index (κ2) is 4.99. The molecule has 0 saturated carbocycles. The molecule has 0 atom stereocenters. The molecule has 1 aromatic carbocycles. The van der Waals surface area contributed by atoms with Crippen molar-refractivity contribution in [1.29, 1.82) is 0 Å². The average Bonchev–Trinajstić information content (AvgIpc) is 2.50. The van der Waals surface area contributed by atoms with Crippen LogP contribution >= 0.6 is 0 Å². The van der Waals surface area contributed by atoms with E-state index in [1.54, 1.807) is 0 Å². The molecule has 5 heteroatoms. The van der Waals surface area contributed by atoms with Crippen molar-refractivity contribution < 1.29 is 0 Å². The number of nitrogens with one attached hydrogen (secondary N) is 1. The van der Waals surface area contributed by atoms with Crippen molar-refractivity contribution in [2.24, 2.45) is 0 Å². The fraction of sp³-hybridized carbons (Fsp3) is 0.273. The van der Waals surface area contributed by atoms with Gasteiger partial charge in [0.15, 0.2) is 0 Å². The maximum atomic E-state index is 5.77. The zero-order valence-corrected chi connectivity index (χ0v) is 9.13. The summed E-state index contributed by atoms with van der Waals surface area (Å²) in [6, 6.07) is 4.24. The fourth-order valence-electron chi connectivity index (χ4n) is 1.97. The first-order valence-electron chi connectivity index (χ1n) is 4.84. The van der Waals surface area contributed by atoms with Gasteiger partial charge in [-0.3, -0.25) is 0 Å². The van der Waals surface area contributed by atoms with Crippen molar-refractivity contribution in [2.45, 2.75) is 20.8 Å². The first-order chi connectivity index (χ1) is 7.09. The van der Waals surface area contributed by atoms with Gasteiger partial charge >= 0.3 is 29.6 Å². The predicted molar refractivity (Wildman–Crippen MR) is 67.6 cm³/mol. The van der Waals surface area contributed by atoms with Gasteiger partial charge in [-0.2, -0.15) is 0 Å². The van der Waals surface area contributed by atoms with Crippen LogP contribution in [0.2, 0.25) is 0 Å². The molecule has 80 valence electrons. The Balaban J connectivity index is 0.00000128. The second-order valence-corrected chi connectivity index (χ2v) is 3.85. The topological polar surface area (TPSA) is 67.6 Å². The summed E-state index contributed by atoms with van der Waals surface area (Å²) in [4.78, 5) is 0. The molecular formula is C11H15N4Na. The number of hydrogen-bond donors (Lipinski definition) is 2. The van der Waals surface area contributed by atoms with Crippen LogP contribution in [-0.2, 0) is 0 Å². The Bertz CT molecular complexity index is 481. The molecule has 0 aliphatic carbocycles. The monoisotopic (exact) mass is 226 g/mol. The number of aromatic amines is 1. The third-order valence-corrected chi connectivity index (χ3v) is 2.49. The van der Waals surface area contributed by atoms with Crippen LogP contribution in [-0.4, -0.2) is 45.0 Å². The molecule has 4 nitrogen and oxygen atoms in total. The zero-order chi connectivity index (χ0) is 11.0. The van der Waals surface area contributed by atoms with Gasteiger partial charge in [0.1, 0.15) is 11.5 Å². The molecule has 0 unspecified atom stereocenters. The molecule has 0 amide bonds. The molecule has 0 spiro atoms. The molecule has 2 rings (SSSR count). The third kappa shape index (κ3) is 2.29. The van der Waals surface area contributed by atoms with Crippen LogP contribution in [0.1, 0.15) is 16.7 Å². The van der Waals surface area contributed by atoms with Crippen molar-refractivity contribution in [2.75, 3.05) is 5.73 Å². The molecule has 2 aromatic rings. The molecule has 1 aromatic heterocycles. The van der Waals surface area contributed by atoms with Crippen LogP contribution in [0.4, 0.5) is 5.82 Å². The van der Waals surface area contributed by atoms with E-state index in [0.29, 0.717) is 5.82 Å². The van der Waals surface area contributed by atoms with Crippen molar-refractivity contribution >= 4 is 35.4 Å². The van der Waals surface area contributed by atoms with Gasteiger partial charge in [-0.1, -0.05) is 22.9 Å². The number of aromatic nitrogens is 3. The zero-order valence-electron chi connectivity index (χ0n) is 9.13. The van der Waals surface area contributed by atoms with Gasteiger partial charge in [-0.15, -0.1) is 5.10 Å². The predicted octanol–water partition coefficient (Wildman–Crippen LogP) is 1.33. The summed E-state index contributed by atoms with van der Waals surface area (Å²) in [5.41, 5.74) is 11.2. The molecule has 3 N–H and O–H groups in total. The van der Waals surface area contributed by atoms with Gasteiger partial charge < -0.3 is 5.73 Å². The number of nitrogens with zero attached hydrogens (tertiary/aromatic N) is 2. The summed E-state index contributed by atoms with van der Waals surface area (Å²) < 4.78 is 0. The quantitative estimate of drug-likeness (QED) is 0.721. The standard InChI is InChI=1S/C11H14N4.Na.H/c1-6-4-7(2)9(8(3)5-6)10-11(12)14-15-13-10;;/h4-5H,1-3H3,(H3,12,13,14,15);;. The van der Waals surface area contributed by atoms with Crippen molar-refractivity contribution in [3.05, 3.63) is 28.8 Å². The molecule has 0 radical (unpaired) electrons. The van der Waals surface area contributed by atoms with E-state index < -0.39 is 0 Å². The van der Waals surface area contributed by atoms with Gasteiger partial charge in [0.2, 0.25) is 0 Å². The van der Waals surface area contributed by atoms with E-state index in [1.807, 2.05) is 0 Å². The number of anilines is 1. The van der Waals surface area contributed by atoms with Gasteiger partial charge in [0.25, 0.3) is 0 Å². The van der Waals surface area contributed by atoms with E-state index in [4.69, 9.17) is 5.73 Å². The summed E-state index contributed by atoms with van der Waals surface area (Å²) >= 11 is 0. The third-order valence-electron chi connectivity index (χ3n) is 2.49. The number of aryl methyl sites for hydroxylation is 3. The molecule has 0 saturated heterocycles. The van der Waals surface area contributed by atoms with E-state index in [9.17, 15) is 0 Å². The summed E-state index contributed by atoms with van der Waals surface area (Å²) in [6.45, 7) is 6.20. The van der Waals surface area contributed by atoms with Crippen LogP contribution in [0.3, 0.4) is 0 Å². The Hall–Kier alpha value is -0.840. The van der Waals surface area contributed by atoms with E-state index in [2.05, 4.69) is 48.3 Å². The maximum absolute atomic E-state index is 5.77. The van der Waals surface area contributed by atoms with Crippen LogP contribution in [0, 0.1) is 20.8 Å². The van der Waals surface area contributed by atoms with Crippen molar-refractivity contribution in [3.8, 4) is 11.3 Å². The van der Waals surface area contributed by atoms with Crippen LogP contribution in [0.15, 0.2) is 12.1 Å². The summed E-state index contributed by atoms with van der Waals surface area (Å²) in [5.74, 6) is 0.519. The fourth-order valence-corrected chi connectivity index (χ4v) is 1.97. The minimum atomic E-state index is 0. The van der Waals surface area contributed by atoms with Gasteiger partial charge in [0, 0.05) is 5.56 Å². The Kier molecular flexibility index (Phi) is 4.13. The molecule has 16 heavy (non-hydrogen) atoms. The molecule has 0 fully saturated rings. The molecule has 0 bridgehead atoms. The SMILES string of the molecule is Cc1cc(C)c(-c2nn[nH]c2N)c(C)c1.[NaH]. The van der Waals surface area contributed by atoms with E-state index >= 15 is 0 Å². The summed E-state index contributed by atoms with van der Waals surface area (Å²) in [5, 5.41) is 10.4. The molecule has 1 heterocycles. The molecule has 0 aliphatic heterocycles. The van der Waals surface area contributed by atoms with E-state index in [-0.39, 0.29) is 29.6 Å². The summed E-state index contributed by atoms with van der Waals surface area (Å²) in [7, 11) is 0. The number of hydrogen-bond acceptors (Lipinski definition) is 3. The number of benzene rings is 1. The molecule has 0 aliphatic rings.